The van der Waals surface area contributed by atoms with E-state index in [1.165, 1.54) is 48.8 Å². The lowest BCUT2D eigenvalue weighted by atomic mass is 9.81. The van der Waals surface area contributed by atoms with Gasteiger partial charge in [-0.15, -0.1) is 0 Å². The summed E-state index contributed by atoms with van der Waals surface area (Å²) in [6, 6.07) is 6.76. The molecule has 25 heavy (non-hydrogen) atoms. The van der Waals surface area contributed by atoms with Gasteiger partial charge in [0.15, 0.2) is 0 Å². The van der Waals surface area contributed by atoms with E-state index in [2.05, 4.69) is 59.5 Å². The summed E-state index contributed by atoms with van der Waals surface area (Å²) in [4.78, 5) is 10.0. The maximum absolute atomic E-state index is 6.58. The van der Waals surface area contributed by atoms with E-state index in [1.807, 2.05) is 11.8 Å². The molecular weight excluding hydrogens is 441 g/mol. The van der Waals surface area contributed by atoms with Crippen LogP contribution >= 0.6 is 34.4 Å². The molecule has 1 aliphatic heterocycles. The molecule has 0 radical (unpaired) electrons. The van der Waals surface area contributed by atoms with Crippen molar-refractivity contribution in [3.8, 4) is 0 Å². The Labute approximate surface area is 168 Å². The Hall–Kier alpha value is -0.790. The molecule has 1 aromatic carbocycles. The van der Waals surface area contributed by atoms with Crippen molar-refractivity contribution >= 4 is 51.4 Å². The molecule has 3 nitrogen and oxygen atoms in total. The van der Waals surface area contributed by atoms with Crippen LogP contribution in [0.2, 0.25) is 0 Å². The van der Waals surface area contributed by atoms with Gasteiger partial charge >= 0.3 is 0 Å². The monoisotopic (exact) mass is 465 g/mol. The van der Waals surface area contributed by atoms with Crippen LogP contribution < -0.4 is 10.6 Å². The highest BCUT2D eigenvalue weighted by molar-refractivity contribution is 14.1. The van der Waals surface area contributed by atoms with Crippen molar-refractivity contribution < 1.29 is 0 Å². The molecule has 0 saturated heterocycles. The van der Waals surface area contributed by atoms with Crippen molar-refractivity contribution in [1.82, 2.24) is 0 Å². The summed E-state index contributed by atoms with van der Waals surface area (Å²) in [5.74, 6) is 0. The second kappa shape index (κ2) is 7.08. The van der Waals surface area contributed by atoms with E-state index < -0.39 is 0 Å². The molecule has 0 spiro atoms. The number of rotatable bonds is 3. The second-order valence-corrected chi connectivity index (χ2v) is 8.97. The first-order valence-electron chi connectivity index (χ1n) is 9.17. The van der Waals surface area contributed by atoms with E-state index in [0.29, 0.717) is 0 Å². The first kappa shape index (κ1) is 17.6. The fraction of sp³-hybridized carbons (Fsp3) is 0.450. The van der Waals surface area contributed by atoms with E-state index in [0.717, 1.165) is 31.6 Å². The van der Waals surface area contributed by atoms with E-state index in [9.17, 15) is 0 Å². The van der Waals surface area contributed by atoms with Crippen LogP contribution in [0.3, 0.4) is 0 Å². The molecule has 4 rings (SSSR count). The number of hydrogen-bond donors (Lipinski definition) is 1. The van der Waals surface area contributed by atoms with Crippen LogP contribution in [0, 0.1) is 0 Å². The Bertz CT molecular complexity index is 805. The van der Waals surface area contributed by atoms with Gasteiger partial charge in [0.25, 0.3) is 0 Å². The summed E-state index contributed by atoms with van der Waals surface area (Å²) in [5.41, 5.74) is 13.0. The number of nitrogens with two attached hydrogens (primary N) is 1. The molecule has 0 amide bonds. The number of anilines is 1. The van der Waals surface area contributed by atoms with E-state index in [4.69, 9.17) is 10.7 Å². The molecule has 1 atom stereocenters. The van der Waals surface area contributed by atoms with Gasteiger partial charge in [-0.25, -0.2) is 4.99 Å². The number of thioether (sulfide) groups is 1. The molecule has 0 aromatic heterocycles. The van der Waals surface area contributed by atoms with E-state index in [-0.39, 0.29) is 6.04 Å². The van der Waals surface area contributed by atoms with Crippen LogP contribution in [0.1, 0.15) is 39.5 Å². The standard InChI is InChI=1S/C20H24IN3S/c1-3-24(4-2)12-9-10-15-16(11-12)25-20-17(21)18(22)13-7-5-6-8-14(13)19(20)23-15/h9-11,18H,3-8,22H2,1-2H3. The summed E-state index contributed by atoms with van der Waals surface area (Å²) in [6.07, 6.45) is 4.78. The lowest BCUT2D eigenvalue weighted by Gasteiger charge is -2.34. The minimum atomic E-state index is 0.0739. The molecule has 2 aliphatic carbocycles. The van der Waals surface area contributed by atoms with Crippen LogP contribution in [0.5, 0.6) is 0 Å². The quantitative estimate of drug-likeness (QED) is 0.594. The lowest BCUT2D eigenvalue weighted by Crippen LogP contribution is -2.33. The normalized spacial score (nSPS) is 22.2. The van der Waals surface area contributed by atoms with E-state index >= 15 is 0 Å². The highest BCUT2D eigenvalue weighted by Gasteiger charge is 2.34. The zero-order chi connectivity index (χ0) is 17.6. The number of aliphatic imine (C=N–C) groups is 1. The van der Waals surface area contributed by atoms with Crippen LogP contribution in [-0.2, 0) is 0 Å². The number of fused-ring (bicyclic) bond motifs is 3. The van der Waals surface area contributed by atoms with Gasteiger partial charge in [-0.05, 0) is 91.5 Å². The molecule has 1 unspecified atom stereocenters. The highest BCUT2D eigenvalue weighted by atomic mass is 127. The van der Waals surface area contributed by atoms with Crippen molar-refractivity contribution in [2.45, 2.75) is 50.5 Å². The van der Waals surface area contributed by atoms with Crippen LogP contribution in [0.15, 0.2) is 47.7 Å². The SMILES string of the molecule is CCN(CC)c1ccc2c(c1)SC1=C(I)C(N)C3=C(CCCC3)C1=N2. The van der Waals surface area contributed by atoms with Crippen molar-refractivity contribution in [2.24, 2.45) is 10.7 Å². The third kappa shape index (κ3) is 2.98. The zero-order valence-electron chi connectivity index (χ0n) is 14.8. The number of hydrogen-bond acceptors (Lipinski definition) is 4. The van der Waals surface area contributed by atoms with Crippen molar-refractivity contribution in [3.05, 3.63) is 37.8 Å². The fourth-order valence-corrected chi connectivity index (χ4v) is 6.06. The third-order valence-electron chi connectivity index (χ3n) is 5.39. The Morgan fingerprint density at radius 3 is 2.76 bits per heavy atom. The molecule has 132 valence electrons. The lowest BCUT2D eigenvalue weighted by molar-refractivity contribution is 0.652. The van der Waals surface area contributed by atoms with Crippen molar-refractivity contribution in [3.63, 3.8) is 0 Å². The predicted octanol–water partition coefficient (Wildman–Crippen LogP) is 5.57. The average molecular weight is 465 g/mol. The van der Waals surface area contributed by atoms with Gasteiger partial charge < -0.3 is 10.6 Å². The fourth-order valence-electron chi connectivity index (χ4n) is 3.99. The molecule has 0 saturated carbocycles. The molecule has 1 aromatic rings. The number of allylic oxidation sites excluding steroid dienone is 2. The largest absolute Gasteiger partial charge is 0.372 e. The van der Waals surface area contributed by atoms with Gasteiger partial charge in [-0.2, -0.15) is 0 Å². The average Bonchev–Trinajstić information content (AvgIpc) is 2.66. The Morgan fingerprint density at radius 1 is 1.24 bits per heavy atom. The van der Waals surface area contributed by atoms with Crippen LogP contribution in [0.4, 0.5) is 11.4 Å². The van der Waals surface area contributed by atoms with Gasteiger partial charge in [-0.1, -0.05) is 11.8 Å². The molecular formula is C20H24IN3S. The Balaban J connectivity index is 1.81. The van der Waals surface area contributed by atoms with Crippen molar-refractivity contribution in [2.75, 3.05) is 18.0 Å². The van der Waals surface area contributed by atoms with Crippen LogP contribution in [-0.4, -0.2) is 24.8 Å². The third-order valence-corrected chi connectivity index (χ3v) is 8.13. The van der Waals surface area contributed by atoms with Gasteiger partial charge in [0.2, 0.25) is 0 Å². The molecule has 2 N–H and O–H groups in total. The molecule has 3 aliphatic rings. The number of nitrogens with zero attached hydrogens (tertiary/aromatic N) is 2. The molecule has 5 heteroatoms. The van der Waals surface area contributed by atoms with Crippen LogP contribution in [0.25, 0.3) is 0 Å². The summed E-state index contributed by atoms with van der Waals surface area (Å²) >= 11 is 4.31. The first-order chi connectivity index (χ1) is 12.1. The zero-order valence-corrected chi connectivity index (χ0v) is 17.8. The highest BCUT2D eigenvalue weighted by Crippen LogP contribution is 2.50. The van der Waals surface area contributed by atoms with Gasteiger partial charge in [0.1, 0.15) is 0 Å². The Morgan fingerprint density at radius 2 is 2.00 bits per heavy atom. The second-order valence-electron chi connectivity index (χ2n) is 6.75. The maximum atomic E-state index is 6.58. The number of halogens is 1. The molecule has 0 bridgehead atoms. The topological polar surface area (TPSA) is 41.6 Å². The number of benzene rings is 1. The smallest absolute Gasteiger partial charge is 0.0817 e. The molecule has 1 heterocycles. The minimum Gasteiger partial charge on any atom is -0.372 e. The predicted molar refractivity (Wildman–Crippen MR) is 117 cm³/mol. The van der Waals surface area contributed by atoms with Gasteiger partial charge in [0, 0.05) is 32.2 Å². The minimum absolute atomic E-state index is 0.0739. The van der Waals surface area contributed by atoms with Gasteiger partial charge in [0.05, 0.1) is 17.4 Å². The van der Waals surface area contributed by atoms with Gasteiger partial charge in [-0.3, -0.25) is 0 Å². The summed E-state index contributed by atoms with van der Waals surface area (Å²) in [5, 5.41) is 0. The maximum Gasteiger partial charge on any atom is 0.0817 e. The van der Waals surface area contributed by atoms with Crippen molar-refractivity contribution in [1.29, 1.82) is 0 Å². The summed E-state index contributed by atoms with van der Waals surface area (Å²) < 4.78 is 1.26. The summed E-state index contributed by atoms with van der Waals surface area (Å²) in [6.45, 7) is 6.45. The molecule has 0 fully saturated rings. The Kier molecular flexibility index (Phi) is 4.99. The summed E-state index contributed by atoms with van der Waals surface area (Å²) in [7, 11) is 0. The van der Waals surface area contributed by atoms with E-state index in [1.54, 1.807) is 0 Å². The first-order valence-corrected chi connectivity index (χ1v) is 11.1.